The number of aromatic nitrogens is 1. The van der Waals surface area contributed by atoms with Crippen LogP contribution in [-0.2, 0) is 0 Å². The lowest BCUT2D eigenvalue weighted by Crippen LogP contribution is -1.95. The van der Waals surface area contributed by atoms with Crippen LogP contribution in [-0.4, -0.2) is 20.9 Å². The molecule has 0 saturated heterocycles. The molecule has 0 fully saturated rings. The summed E-state index contributed by atoms with van der Waals surface area (Å²) in [5.41, 5.74) is 0.634. The largest absolute Gasteiger partial charge is 0.493 e. The van der Waals surface area contributed by atoms with Gasteiger partial charge in [-0.05, 0) is 46.9 Å². The van der Waals surface area contributed by atoms with Crippen molar-refractivity contribution in [3.05, 3.63) is 61.7 Å². The summed E-state index contributed by atoms with van der Waals surface area (Å²) in [4.78, 5) is 24.9. The Kier molecular flexibility index (Phi) is 4.25. The summed E-state index contributed by atoms with van der Waals surface area (Å²) < 4.78 is 0.931. The molecule has 2 aromatic carbocycles. The zero-order valence-corrected chi connectivity index (χ0v) is 14.1. The highest BCUT2D eigenvalue weighted by molar-refractivity contribution is 14.1. The SMILES string of the molecule is O=C(N=Nc1c(O)[nH]c2ccc(I)cc12)c1cccc([N+](=O)[O-])c1. The highest BCUT2D eigenvalue weighted by atomic mass is 127. The van der Waals surface area contributed by atoms with Gasteiger partial charge in [-0.15, -0.1) is 10.2 Å². The minimum absolute atomic E-state index is 0.0434. The van der Waals surface area contributed by atoms with Gasteiger partial charge in [-0.25, -0.2) is 0 Å². The van der Waals surface area contributed by atoms with Crippen LogP contribution in [0.15, 0.2) is 52.7 Å². The number of rotatable bonds is 3. The van der Waals surface area contributed by atoms with E-state index in [9.17, 15) is 20.0 Å². The number of nitro groups is 1. The van der Waals surface area contributed by atoms with Crippen LogP contribution in [0.3, 0.4) is 0 Å². The number of fused-ring (bicyclic) bond motifs is 1. The van der Waals surface area contributed by atoms with Gasteiger partial charge < -0.3 is 10.1 Å². The third-order valence-electron chi connectivity index (χ3n) is 3.26. The van der Waals surface area contributed by atoms with E-state index < -0.39 is 10.8 Å². The number of H-pyrrole nitrogens is 1. The summed E-state index contributed by atoms with van der Waals surface area (Å²) in [7, 11) is 0. The van der Waals surface area contributed by atoms with Crippen molar-refractivity contribution in [3.8, 4) is 5.88 Å². The van der Waals surface area contributed by atoms with Gasteiger partial charge in [0.1, 0.15) is 0 Å². The topological polar surface area (TPSA) is 121 Å². The van der Waals surface area contributed by atoms with Crippen molar-refractivity contribution in [1.29, 1.82) is 0 Å². The van der Waals surface area contributed by atoms with Gasteiger partial charge in [0, 0.05) is 21.1 Å². The molecule has 120 valence electrons. The maximum absolute atomic E-state index is 12.1. The summed E-state index contributed by atoms with van der Waals surface area (Å²) in [6.07, 6.45) is 0. The number of aromatic amines is 1. The van der Waals surface area contributed by atoms with Crippen molar-refractivity contribution in [3.63, 3.8) is 0 Å². The van der Waals surface area contributed by atoms with Crippen LogP contribution in [0.1, 0.15) is 10.4 Å². The molecule has 0 aliphatic carbocycles. The first-order valence-electron chi connectivity index (χ1n) is 6.66. The second-order valence-corrected chi connectivity index (χ2v) is 6.07. The zero-order valence-electron chi connectivity index (χ0n) is 11.9. The Hall–Kier alpha value is -2.82. The molecule has 0 aliphatic rings. The summed E-state index contributed by atoms with van der Waals surface area (Å²) in [5.74, 6) is -0.944. The summed E-state index contributed by atoms with van der Waals surface area (Å²) in [6.45, 7) is 0. The average molecular weight is 436 g/mol. The Morgan fingerprint density at radius 2 is 2.04 bits per heavy atom. The van der Waals surface area contributed by atoms with E-state index in [1.165, 1.54) is 18.2 Å². The van der Waals surface area contributed by atoms with Gasteiger partial charge >= 0.3 is 0 Å². The summed E-state index contributed by atoms with van der Waals surface area (Å²) in [6, 6.07) is 10.6. The van der Waals surface area contributed by atoms with Crippen LogP contribution in [0.25, 0.3) is 10.9 Å². The molecule has 8 nitrogen and oxygen atoms in total. The fraction of sp³-hybridized carbons (Fsp3) is 0. The van der Waals surface area contributed by atoms with E-state index in [0.717, 1.165) is 9.64 Å². The Morgan fingerprint density at radius 3 is 2.79 bits per heavy atom. The first kappa shape index (κ1) is 16.1. The van der Waals surface area contributed by atoms with Gasteiger partial charge in [-0.1, -0.05) is 6.07 Å². The molecule has 0 saturated carbocycles. The third kappa shape index (κ3) is 3.11. The fourth-order valence-corrected chi connectivity index (χ4v) is 2.63. The van der Waals surface area contributed by atoms with Crippen molar-refractivity contribution < 1.29 is 14.8 Å². The van der Waals surface area contributed by atoms with Crippen molar-refractivity contribution >= 4 is 50.8 Å². The van der Waals surface area contributed by atoms with Crippen LogP contribution in [0.2, 0.25) is 0 Å². The van der Waals surface area contributed by atoms with E-state index in [1.807, 2.05) is 6.07 Å². The van der Waals surface area contributed by atoms with Gasteiger partial charge in [0.05, 0.1) is 16.0 Å². The number of non-ortho nitro benzene ring substituents is 1. The predicted molar refractivity (Wildman–Crippen MR) is 94.6 cm³/mol. The first-order chi connectivity index (χ1) is 11.5. The molecular weight excluding hydrogens is 427 g/mol. The molecule has 3 aromatic rings. The van der Waals surface area contributed by atoms with E-state index in [0.29, 0.717) is 10.9 Å². The van der Waals surface area contributed by atoms with Crippen molar-refractivity contribution in [2.24, 2.45) is 10.2 Å². The Balaban J connectivity index is 1.95. The monoisotopic (exact) mass is 436 g/mol. The normalized spacial score (nSPS) is 11.2. The molecule has 3 rings (SSSR count). The number of hydrogen-bond donors (Lipinski definition) is 2. The van der Waals surface area contributed by atoms with Gasteiger partial charge in [-0.2, -0.15) is 0 Å². The Bertz CT molecular complexity index is 996. The quantitative estimate of drug-likeness (QED) is 0.275. The van der Waals surface area contributed by atoms with E-state index >= 15 is 0 Å². The summed E-state index contributed by atoms with van der Waals surface area (Å²) in [5, 5.41) is 28.6. The maximum atomic E-state index is 12.1. The number of amides is 1. The van der Waals surface area contributed by atoms with Crippen LogP contribution < -0.4 is 0 Å². The third-order valence-corrected chi connectivity index (χ3v) is 3.93. The number of hydrogen-bond acceptors (Lipinski definition) is 5. The van der Waals surface area contributed by atoms with Gasteiger partial charge in [0.25, 0.3) is 11.6 Å². The van der Waals surface area contributed by atoms with Gasteiger partial charge in [0.15, 0.2) is 5.69 Å². The number of benzene rings is 2. The van der Waals surface area contributed by atoms with E-state index in [1.54, 1.807) is 12.1 Å². The molecule has 0 spiro atoms. The molecule has 1 amide bonds. The zero-order chi connectivity index (χ0) is 17.3. The van der Waals surface area contributed by atoms with E-state index in [2.05, 4.69) is 37.8 Å². The van der Waals surface area contributed by atoms with Crippen LogP contribution in [0, 0.1) is 13.7 Å². The molecule has 9 heteroatoms. The number of azo groups is 1. The van der Waals surface area contributed by atoms with Gasteiger partial charge in [-0.3, -0.25) is 14.9 Å². The molecule has 24 heavy (non-hydrogen) atoms. The number of nitrogens with zero attached hydrogens (tertiary/aromatic N) is 3. The molecule has 2 N–H and O–H groups in total. The second-order valence-electron chi connectivity index (χ2n) is 4.82. The second kappa shape index (κ2) is 6.35. The standard InChI is InChI=1S/C15H9IN4O4/c16-9-4-5-12-11(7-9)13(15(22)17-12)18-19-14(21)8-2-1-3-10(6-8)20(23)24/h1-7,17,22H. The highest BCUT2D eigenvalue weighted by Gasteiger charge is 2.13. The number of carbonyl (C=O) groups excluding carboxylic acids is 1. The van der Waals surface area contributed by atoms with Crippen LogP contribution >= 0.6 is 22.6 Å². The molecule has 1 aromatic heterocycles. The van der Waals surface area contributed by atoms with Crippen LogP contribution in [0.5, 0.6) is 5.88 Å². The lowest BCUT2D eigenvalue weighted by molar-refractivity contribution is -0.384. The average Bonchev–Trinajstić information content (AvgIpc) is 2.87. The van der Waals surface area contributed by atoms with E-state index in [-0.39, 0.29) is 22.8 Å². The van der Waals surface area contributed by atoms with E-state index in [4.69, 9.17) is 0 Å². The summed E-state index contributed by atoms with van der Waals surface area (Å²) >= 11 is 2.12. The van der Waals surface area contributed by atoms with Gasteiger partial charge in [0.2, 0.25) is 5.88 Å². The number of carbonyl (C=O) groups is 1. The Labute approximate surface area is 148 Å². The lowest BCUT2D eigenvalue weighted by Gasteiger charge is -1.96. The molecule has 0 aliphatic heterocycles. The maximum Gasteiger partial charge on any atom is 0.295 e. The number of nitrogens with one attached hydrogen (secondary N) is 1. The number of halogens is 1. The van der Waals surface area contributed by atoms with Crippen molar-refractivity contribution in [2.75, 3.05) is 0 Å². The lowest BCUT2D eigenvalue weighted by atomic mass is 10.2. The van der Waals surface area contributed by atoms with Crippen LogP contribution in [0.4, 0.5) is 11.4 Å². The number of aromatic hydroxyl groups is 1. The Morgan fingerprint density at radius 1 is 1.25 bits per heavy atom. The number of nitro benzene ring substituents is 1. The molecule has 0 bridgehead atoms. The molecular formula is C15H9IN4O4. The predicted octanol–water partition coefficient (Wildman–Crippen LogP) is 4.31. The first-order valence-corrected chi connectivity index (χ1v) is 7.74. The van der Waals surface area contributed by atoms with Crippen molar-refractivity contribution in [2.45, 2.75) is 0 Å². The molecule has 0 unspecified atom stereocenters. The minimum atomic E-state index is -0.738. The molecule has 0 atom stereocenters. The minimum Gasteiger partial charge on any atom is -0.493 e. The molecule has 0 radical (unpaired) electrons. The fourth-order valence-electron chi connectivity index (χ4n) is 2.14. The smallest absolute Gasteiger partial charge is 0.295 e. The highest BCUT2D eigenvalue weighted by Crippen LogP contribution is 2.36. The van der Waals surface area contributed by atoms with Crippen molar-refractivity contribution in [1.82, 2.24) is 4.98 Å². The molecule has 1 heterocycles.